The van der Waals surface area contributed by atoms with Crippen LogP contribution in [0.1, 0.15) is 40.5 Å². The quantitative estimate of drug-likeness (QED) is 0.924. The third-order valence-electron chi connectivity index (χ3n) is 3.73. The van der Waals surface area contributed by atoms with E-state index < -0.39 is 0 Å². The number of amides is 1. The third-order valence-corrected chi connectivity index (χ3v) is 4.28. The van der Waals surface area contributed by atoms with Gasteiger partial charge >= 0.3 is 0 Å². The van der Waals surface area contributed by atoms with Gasteiger partial charge in [-0.25, -0.2) is 0 Å². The van der Waals surface area contributed by atoms with E-state index in [-0.39, 0.29) is 5.91 Å². The molecule has 21 heavy (non-hydrogen) atoms. The lowest BCUT2D eigenvalue weighted by atomic mass is 10.3. The summed E-state index contributed by atoms with van der Waals surface area (Å²) >= 11 is 6.12. The number of nitrogens with zero attached hydrogens (tertiary/aromatic N) is 2. The number of rotatable bonds is 5. The highest BCUT2D eigenvalue weighted by Gasteiger charge is 2.22. The molecule has 0 radical (unpaired) electrons. The normalized spacial score (nSPS) is 14.4. The Hall–Kier alpha value is -1.75. The Morgan fingerprint density at radius 3 is 2.86 bits per heavy atom. The highest BCUT2D eigenvalue weighted by Crippen LogP contribution is 2.27. The van der Waals surface area contributed by atoms with Crippen LogP contribution in [0, 0.1) is 19.8 Å². The molecule has 2 aromatic rings. The van der Waals surface area contributed by atoms with Crippen molar-refractivity contribution >= 4 is 17.5 Å². The van der Waals surface area contributed by atoms with E-state index in [9.17, 15) is 4.79 Å². The van der Waals surface area contributed by atoms with Crippen molar-refractivity contribution in [3.8, 4) is 0 Å². The largest absolute Gasteiger partial charge is 0.454 e. The van der Waals surface area contributed by atoms with E-state index in [1.54, 1.807) is 16.8 Å². The molecule has 1 fully saturated rings. The summed E-state index contributed by atoms with van der Waals surface area (Å²) in [7, 11) is 0. The van der Waals surface area contributed by atoms with Crippen molar-refractivity contribution in [2.45, 2.75) is 33.2 Å². The molecule has 0 unspecified atom stereocenters. The number of hydrogen-bond donors (Lipinski definition) is 1. The number of aryl methyl sites for hydroxylation is 1. The third kappa shape index (κ3) is 3.13. The van der Waals surface area contributed by atoms with Gasteiger partial charge in [0.1, 0.15) is 5.76 Å². The highest BCUT2D eigenvalue weighted by molar-refractivity contribution is 6.31. The van der Waals surface area contributed by atoms with E-state index in [1.165, 1.54) is 12.8 Å². The Balaban J connectivity index is 1.66. The van der Waals surface area contributed by atoms with Gasteiger partial charge in [-0.05, 0) is 44.7 Å². The van der Waals surface area contributed by atoms with Crippen LogP contribution in [0.3, 0.4) is 0 Å². The second kappa shape index (κ2) is 5.56. The van der Waals surface area contributed by atoms with Gasteiger partial charge in [0, 0.05) is 6.54 Å². The molecule has 1 aliphatic carbocycles. The molecule has 0 atom stereocenters. The molecular weight excluding hydrogens is 290 g/mol. The summed E-state index contributed by atoms with van der Waals surface area (Å²) in [4.78, 5) is 11.9. The summed E-state index contributed by atoms with van der Waals surface area (Å²) in [6, 6.07) is 3.50. The van der Waals surface area contributed by atoms with E-state index in [2.05, 4.69) is 10.4 Å². The molecule has 3 rings (SSSR count). The van der Waals surface area contributed by atoms with Crippen molar-refractivity contribution in [2.24, 2.45) is 5.92 Å². The van der Waals surface area contributed by atoms with Gasteiger partial charge in [-0.1, -0.05) is 11.6 Å². The first-order chi connectivity index (χ1) is 10.0. The van der Waals surface area contributed by atoms with E-state index in [1.807, 2.05) is 13.8 Å². The number of hydrogen-bond acceptors (Lipinski definition) is 3. The molecule has 0 spiro atoms. The van der Waals surface area contributed by atoms with Gasteiger partial charge in [-0.2, -0.15) is 5.10 Å². The minimum Gasteiger partial charge on any atom is -0.454 e. The van der Waals surface area contributed by atoms with Crippen LogP contribution in [0.4, 0.5) is 0 Å². The minimum atomic E-state index is -0.153. The predicted molar refractivity (Wildman–Crippen MR) is 79.6 cm³/mol. The maximum absolute atomic E-state index is 11.9. The van der Waals surface area contributed by atoms with Crippen LogP contribution < -0.4 is 5.32 Å². The molecule has 112 valence electrons. The molecule has 5 nitrogen and oxygen atoms in total. The lowest BCUT2D eigenvalue weighted by Gasteiger charge is -2.02. The lowest BCUT2D eigenvalue weighted by molar-refractivity contribution is 0.0922. The summed E-state index contributed by atoms with van der Waals surface area (Å²) in [6.45, 7) is 4.98. The second-order valence-electron chi connectivity index (χ2n) is 5.56. The molecule has 1 saturated carbocycles. The van der Waals surface area contributed by atoms with E-state index in [0.717, 1.165) is 17.9 Å². The molecule has 2 aromatic heterocycles. The first-order valence-electron chi connectivity index (χ1n) is 7.11. The minimum absolute atomic E-state index is 0.153. The van der Waals surface area contributed by atoms with Crippen LogP contribution in [0.2, 0.25) is 5.02 Å². The Morgan fingerprint density at radius 1 is 1.48 bits per heavy atom. The Kier molecular flexibility index (Phi) is 3.76. The maximum Gasteiger partial charge on any atom is 0.287 e. The molecule has 6 heteroatoms. The van der Waals surface area contributed by atoms with Crippen molar-refractivity contribution in [3.63, 3.8) is 0 Å². The summed E-state index contributed by atoms with van der Waals surface area (Å²) in [5.41, 5.74) is 1.69. The fourth-order valence-corrected chi connectivity index (χ4v) is 2.34. The smallest absolute Gasteiger partial charge is 0.287 e. The zero-order valence-electron chi connectivity index (χ0n) is 12.1. The molecule has 0 bridgehead atoms. The van der Waals surface area contributed by atoms with Gasteiger partial charge in [0.2, 0.25) is 0 Å². The zero-order chi connectivity index (χ0) is 15.0. The highest BCUT2D eigenvalue weighted by atomic mass is 35.5. The van der Waals surface area contributed by atoms with Gasteiger partial charge in [0.15, 0.2) is 5.76 Å². The van der Waals surface area contributed by atoms with Gasteiger partial charge in [0.25, 0.3) is 5.91 Å². The standard InChI is InChI=1S/C15H18ClN3O2/c1-9-14(16)10(2)19(18-9)8-12-5-6-13(21-12)15(20)17-7-11-3-4-11/h5-6,11H,3-4,7-8H2,1-2H3,(H,17,20). The van der Waals surface area contributed by atoms with E-state index >= 15 is 0 Å². The lowest BCUT2D eigenvalue weighted by Crippen LogP contribution is -2.25. The molecule has 1 N–H and O–H groups in total. The Labute approximate surface area is 128 Å². The van der Waals surface area contributed by atoms with Crippen LogP contribution in [0.5, 0.6) is 0 Å². The van der Waals surface area contributed by atoms with Gasteiger partial charge < -0.3 is 9.73 Å². The van der Waals surface area contributed by atoms with Crippen molar-refractivity contribution in [1.29, 1.82) is 0 Å². The second-order valence-corrected chi connectivity index (χ2v) is 5.94. The molecule has 0 aromatic carbocycles. The summed E-state index contributed by atoms with van der Waals surface area (Å²) < 4.78 is 7.37. The molecule has 1 amide bonds. The molecule has 1 aliphatic rings. The van der Waals surface area contributed by atoms with Gasteiger partial charge in [-0.15, -0.1) is 0 Å². The molecule has 2 heterocycles. The van der Waals surface area contributed by atoms with Crippen molar-refractivity contribution in [1.82, 2.24) is 15.1 Å². The molecule has 0 aliphatic heterocycles. The Morgan fingerprint density at radius 2 is 2.24 bits per heavy atom. The van der Waals surface area contributed by atoms with Crippen LogP contribution in [0.25, 0.3) is 0 Å². The number of nitrogens with one attached hydrogen (secondary N) is 1. The van der Waals surface area contributed by atoms with E-state index in [0.29, 0.717) is 29.0 Å². The van der Waals surface area contributed by atoms with Crippen molar-refractivity contribution in [2.75, 3.05) is 6.54 Å². The molecular formula is C15H18ClN3O2. The number of carbonyl (C=O) groups is 1. The van der Waals surface area contributed by atoms with Crippen molar-refractivity contribution in [3.05, 3.63) is 40.1 Å². The van der Waals surface area contributed by atoms with Crippen LogP contribution in [-0.4, -0.2) is 22.2 Å². The van der Waals surface area contributed by atoms with Crippen molar-refractivity contribution < 1.29 is 9.21 Å². The fourth-order valence-electron chi connectivity index (χ4n) is 2.21. The number of aromatic nitrogens is 2. The number of halogens is 1. The summed E-state index contributed by atoms with van der Waals surface area (Å²) in [5.74, 6) is 1.53. The van der Waals surface area contributed by atoms with Gasteiger partial charge in [0.05, 0.1) is 23.0 Å². The summed E-state index contributed by atoms with van der Waals surface area (Å²) in [5, 5.41) is 7.91. The Bertz CT molecular complexity index is 671. The maximum atomic E-state index is 11.9. The van der Waals surface area contributed by atoms with E-state index in [4.69, 9.17) is 16.0 Å². The van der Waals surface area contributed by atoms with Gasteiger partial charge in [-0.3, -0.25) is 9.48 Å². The average Bonchev–Trinajstić information content (AvgIpc) is 3.13. The zero-order valence-corrected chi connectivity index (χ0v) is 12.9. The molecule has 0 saturated heterocycles. The van der Waals surface area contributed by atoms with Crippen LogP contribution >= 0.6 is 11.6 Å². The number of carbonyl (C=O) groups excluding carboxylic acids is 1. The monoisotopic (exact) mass is 307 g/mol. The topological polar surface area (TPSA) is 60.1 Å². The van der Waals surface area contributed by atoms with Crippen LogP contribution in [-0.2, 0) is 6.54 Å². The predicted octanol–water partition coefficient (Wildman–Crippen LogP) is 2.93. The first kappa shape index (κ1) is 14.2. The summed E-state index contributed by atoms with van der Waals surface area (Å²) in [6.07, 6.45) is 2.42. The first-order valence-corrected chi connectivity index (χ1v) is 7.49. The number of furan rings is 1. The fraction of sp³-hybridized carbons (Fsp3) is 0.467. The average molecular weight is 308 g/mol. The van der Waals surface area contributed by atoms with Crippen LogP contribution in [0.15, 0.2) is 16.5 Å². The SMILES string of the molecule is Cc1nn(Cc2ccc(C(=O)NCC3CC3)o2)c(C)c1Cl.